The van der Waals surface area contributed by atoms with Crippen molar-refractivity contribution in [3.05, 3.63) is 87.9 Å². The van der Waals surface area contributed by atoms with Gasteiger partial charge in [-0.2, -0.15) is 0 Å². The topological polar surface area (TPSA) is 56.0 Å². The number of hydrogen-bond acceptors (Lipinski definition) is 2. The van der Waals surface area contributed by atoms with Crippen LogP contribution in [0.5, 0.6) is 0 Å². The predicted molar refractivity (Wildman–Crippen MR) is 102 cm³/mol. The van der Waals surface area contributed by atoms with E-state index in [1.54, 1.807) is 48.8 Å². The van der Waals surface area contributed by atoms with Gasteiger partial charge in [-0.1, -0.05) is 35.3 Å². The molecule has 0 fully saturated rings. The summed E-state index contributed by atoms with van der Waals surface area (Å²) in [7, 11) is 0. The number of carbonyl (C=O) groups excluding carboxylic acids is 1. The minimum absolute atomic E-state index is 0.332. The molecule has 26 heavy (non-hydrogen) atoms. The second-order valence-corrected chi connectivity index (χ2v) is 6.79. The van der Waals surface area contributed by atoms with Crippen LogP contribution < -0.4 is 5.73 Å². The van der Waals surface area contributed by atoms with Crippen molar-refractivity contribution in [3.8, 4) is 11.1 Å². The highest BCUT2D eigenvalue weighted by molar-refractivity contribution is 6.31. The number of rotatable bonds is 5. The number of amides is 1. The zero-order chi connectivity index (χ0) is 18.7. The Bertz CT molecular complexity index is 962. The summed E-state index contributed by atoms with van der Waals surface area (Å²) in [4.78, 5) is 16.1. The normalized spacial score (nSPS) is 12.0. The summed E-state index contributed by atoms with van der Waals surface area (Å²) in [6, 6.07) is 13.1. The number of primary amides is 1. The van der Waals surface area contributed by atoms with Gasteiger partial charge in [0, 0.05) is 33.6 Å². The molecule has 3 rings (SSSR count). The summed E-state index contributed by atoms with van der Waals surface area (Å²) in [6.07, 6.45) is 3.52. The van der Waals surface area contributed by atoms with Crippen molar-refractivity contribution < 1.29 is 9.18 Å². The van der Waals surface area contributed by atoms with Gasteiger partial charge in [0.1, 0.15) is 5.82 Å². The fourth-order valence-electron chi connectivity index (χ4n) is 2.81. The van der Waals surface area contributed by atoms with E-state index in [1.807, 2.05) is 0 Å². The first-order chi connectivity index (χ1) is 12.4. The smallest absolute Gasteiger partial charge is 0.225 e. The third kappa shape index (κ3) is 4.21. The van der Waals surface area contributed by atoms with Crippen LogP contribution in [0.1, 0.15) is 17.0 Å². The van der Waals surface area contributed by atoms with Crippen LogP contribution in [0.25, 0.3) is 11.1 Å². The van der Waals surface area contributed by atoms with Crippen molar-refractivity contribution in [2.24, 2.45) is 5.73 Å². The van der Waals surface area contributed by atoms with Crippen molar-refractivity contribution in [1.29, 1.82) is 0 Å². The van der Waals surface area contributed by atoms with Crippen molar-refractivity contribution in [1.82, 2.24) is 4.98 Å². The Morgan fingerprint density at radius 2 is 1.85 bits per heavy atom. The maximum atomic E-state index is 14.1. The number of hydrogen-bond donors (Lipinski definition) is 1. The monoisotopic (exact) mass is 388 g/mol. The summed E-state index contributed by atoms with van der Waals surface area (Å²) in [5, 5.41) is 0.961. The van der Waals surface area contributed by atoms with Crippen LogP contribution in [-0.4, -0.2) is 10.9 Å². The first-order valence-corrected chi connectivity index (χ1v) is 8.64. The van der Waals surface area contributed by atoms with Crippen LogP contribution in [0, 0.1) is 5.82 Å². The average molecular weight is 389 g/mol. The van der Waals surface area contributed by atoms with Crippen LogP contribution in [0.15, 0.2) is 60.9 Å². The van der Waals surface area contributed by atoms with Gasteiger partial charge in [0.05, 0.1) is 5.92 Å². The van der Waals surface area contributed by atoms with Crippen LogP contribution in [0.4, 0.5) is 4.39 Å². The van der Waals surface area contributed by atoms with E-state index in [9.17, 15) is 9.18 Å². The minimum Gasteiger partial charge on any atom is -0.369 e. The van der Waals surface area contributed by atoms with Gasteiger partial charge in [0.15, 0.2) is 0 Å². The van der Waals surface area contributed by atoms with Gasteiger partial charge >= 0.3 is 0 Å². The predicted octanol–water partition coefficient (Wildman–Crippen LogP) is 5.01. The van der Waals surface area contributed by atoms with Gasteiger partial charge in [0.25, 0.3) is 0 Å². The molecule has 6 heteroatoms. The number of carbonyl (C=O) groups is 1. The lowest BCUT2D eigenvalue weighted by molar-refractivity contribution is -0.119. The molecule has 1 amide bonds. The van der Waals surface area contributed by atoms with Gasteiger partial charge in [-0.05, 0) is 53.9 Å². The molecule has 2 N–H and O–H groups in total. The highest BCUT2D eigenvalue weighted by Gasteiger charge is 2.19. The minimum atomic E-state index is -0.560. The van der Waals surface area contributed by atoms with Gasteiger partial charge in [-0.25, -0.2) is 4.39 Å². The second-order valence-electron chi connectivity index (χ2n) is 5.92. The van der Waals surface area contributed by atoms with E-state index < -0.39 is 17.6 Å². The van der Waals surface area contributed by atoms with E-state index in [-0.39, 0.29) is 0 Å². The fourth-order valence-corrected chi connectivity index (χ4v) is 3.18. The molecule has 132 valence electrons. The lowest BCUT2D eigenvalue weighted by Gasteiger charge is -2.15. The maximum Gasteiger partial charge on any atom is 0.225 e. The Labute approximate surface area is 160 Å². The van der Waals surface area contributed by atoms with Gasteiger partial charge in [-0.3, -0.25) is 9.78 Å². The molecule has 0 radical (unpaired) electrons. The van der Waals surface area contributed by atoms with E-state index in [4.69, 9.17) is 28.9 Å². The van der Waals surface area contributed by atoms with E-state index in [2.05, 4.69) is 4.98 Å². The zero-order valence-corrected chi connectivity index (χ0v) is 15.1. The van der Waals surface area contributed by atoms with Crippen molar-refractivity contribution in [3.63, 3.8) is 0 Å². The quantitative estimate of drug-likeness (QED) is 0.667. The molecule has 1 aromatic heterocycles. The molecule has 0 spiro atoms. The molecular weight excluding hydrogens is 374 g/mol. The maximum absolute atomic E-state index is 14.1. The lowest BCUT2D eigenvalue weighted by atomic mass is 9.91. The highest BCUT2D eigenvalue weighted by atomic mass is 35.5. The Balaban J connectivity index is 1.94. The van der Waals surface area contributed by atoms with Crippen molar-refractivity contribution in [2.75, 3.05) is 0 Å². The largest absolute Gasteiger partial charge is 0.369 e. The third-order valence-electron chi connectivity index (χ3n) is 4.07. The third-order valence-corrected chi connectivity index (χ3v) is 4.54. The number of halogens is 3. The summed E-state index contributed by atoms with van der Waals surface area (Å²) >= 11 is 12.0. The summed E-state index contributed by atoms with van der Waals surface area (Å²) in [5.74, 6) is -1.42. The van der Waals surface area contributed by atoms with Gasteiger partial charge in [0.2, 0.25) is 5.91 Å². The highest BCUT2D eigenvalue weighted by Crippen LogP contribution is 2.28. The molecular formula is C20H15Cl2FN2O. The summed E-state index contributed by atoms with van der Waals surface area (Å²) in [6.45, 7) is 0. The molecule has 3 aromatic rings. The molecule has 0 saturated heterocycles. The molecule has 2 aromatic carbocycles. The van der Waals surface area contributed by atoms with E-state index >= 15 is 0 Å². The number of pyridine rings is 1. The fraction of sp³-hybridized carbons (Fsp3) is 0.100. The first kappa shape index (κ1) is 18.4. The number of aromatic nitrogens is 1. The van der Waals surface area contributed by atoms with Crippen LogP contribution >= 0.6 is 23.2 Å². The molecule has 1 unspecified atom stereocenters. The number of nitrogens with two attached hydrogens (primary N) is 1. The average Bonchev–Trinajstić information content (AvgIpc) is 2.61. The summed E-state index contributed by atoms with van der Waals surface area (Å²) in [5.41, 5.74) is 7.99. The van der Waals surface area contributed by atoms with Crippen LogP contribution in [0.3, 0.4) is 0 Å². The Kier molecular flexibility index (Phi) is 5.55. The lowest BCUT2D eigenvalue weighted by Crippen LogP contribution is -2.23. The van der Waals surface area contributed by atoms with Crippen LogP contribution in [-0.2, 0) is 11.2 Å². The molecule has 0 aliphatic heterocycles. The molecule has 0 saturated carbocycles. The Morgan fingerprint density at radius 3 is 2.58 bits per heavy atom. The van der Waals surface area contributed by atoms with Crippen molar-refractivity contribution >= 4 is 29.1 Å². The molecule has 1 heterocycles. The van der Waals surface area contributed by atoms with Gasteiger partial charge in [-0.15, -0.1) is 0 Å². The first-order valence-electron chi connectivity index (χ1n) is 7.88. The van der Waals surface area contributed by atoms with E-state index in [0.29, 0.717) is 27.6 Å². The number of benzene rings is 2. The van der Waals surface area contributed by atoms with Crippen molar-refractivity contribution in [2.45, 2.75) is 12.3 Å². The molecule has 1 atom stereocenters. The summed E-state index contributed by atoms with van der Waals surface area (Å²) < 4.78 is 14.1. The van der Waals surface area contributed by atoms with Gasteiger partial charge < -0.3 is 5.73 Å². The standard InChI is InChI=1S/C20H15Cl2FN2O/c21-15-3-1-2-13(8-15)18(20(24)26)7-12-6-14(11-25-10-12)17-9-16(22)4-5-19(17)23/h1-6,8-11,18H,7H2,(H2,24,26). The Hall–Kier alpha value is -2.43. The Morgan fingerprint density at radius 1 is 1.08 bits per heavy atom. The van der Waals surface area contributed by atoms with E-state index in [1.165, 1.54) is 12.1 Å². The molecule has 0 aliphatic carbocycles. The van der Waals surface area contributed by atoms with E-state index in [0.717, 1.165) is 11.1 Å². The van der Waals surface area contributed by atoms with Crippen LogP contribution in [0.2, 0.25) is 10.0 Å². The number of nitrogens with zero attached hydrogens (tertiary/aromatic N) is 1. The second kappa shape index (κ2) is 7.85. The SMILES string of the molecule is NC(=O)C(Cc1cncc(-c2cc(Cl)ccc2F)c1)c1cccc(Cl)c1. The molecule has 3 nitrogen and oxygen atoms in total. The molecule has 0 aliphatic rings. The molecule has 0 bridgehead atoms. The zero-order valence-electron chi connectivity index (χ0n) is 13.6.